The molecule has 2 aromatic carbocycles. The van der Waals surface area contributed by atoms with E-state index in [4.69, 9.17) is 9.47 Å². The summed E-state index contributed by atoms with van der Waals surface area (Å²) in [5.41, 5.74) is -1.92. The Labute approximate surface area is 197 Å². The second kappa shape index (κ2) is 10.2. The second-order valence-corrected chi connectivity index (χ2v) is 7.24. The van der Waals surface area contributed by atoms with Crippen LogP contribution in [0.3, 0.4) is 0 Å². The van der Waals surface area contributed by atoms with Gasteiger partial charge in [-0.2, -0.15) is 18.2 Å². The van der Waals surface area contributed by atoms with E-state index in [0.29, 0.717) is 10.5 Å². The number of para-hydroxylation sites is 1. The van der Waals surface area contributed by atoms with Crippen LogP contribution in [0.2, 0.25) is 0 Å². The second-order valence-electron chi connectivity index (χ2n) is 6.32. The van der Waals surface area contributed by atoms with Gasteiger partial charge >= 0.3 is 18.2 Å². The summed E-state index contributed by atoms with van der Waals surface area (Å²) in [5.74, 6) is -0.984. The molecule has 34 heavy (non-hydrogen) atoms. The number of alkyl halides is 3. The van der Waals surface area contributed by atoms with Crippen LogP contribution in [0.25, 0.3) is 0 Å². The molecule has 176 valence electrons. The first-order valence-corrected chi connectivity index (χ1v) is 9.92. The molecule has 3 rings (SSSR count). The number of anilines is 1. The van der Waals surface area contributed by atoms with Crippen molar-refractivity contribution in [1.82, 2.24) is 9.97 Å². The van der Waals surface area contributed by atoms with Crippen LogP contribution < -0.4 is 10.1 Å². The number of hydrogen-bond acceptors (Lipinski definition) is 7. The molecule has 0 spiro atoms. The van der Waals surface area contributed by atoms with E-state index in [1.54, 1.807) is 0 Å². The first kappa shape index (κ1) is 24.6. The topological polar surface area (TPSA) is 129 Å². The standard InChI is InChI=1S/C20H13BrF3N5O5/c1-33-17(13-4-2-3-5-15(13)29(31)32)28-18(30)27-12-6-7-16(14(8-12)20(22,23)24)34-19-25-9-11(21)10-26-19/h2-10H,1H3,(H,27,30)/b28-17+. The molecule has 0 saturated heterocycles. The number of carbonyl (C=O) groups excluding carboxylic acids is 1. The molecule has 0 unspecified atom stereocenters. The van der Waals surface area contributed by atoms with Crippen molar-refractivity contribution in [3.05, 3.63) is 80.6 Å². The minimum absolute atomic E-state index is 0.0839. The maximum absolute atomic E-state index is 13.6. The molecule has 0 fully saturated rings. The fraction of sp³-hybridized carbons (Fsp3) is 0.100. The highest BCUT2D eigenvalue weighted by Gasteiger charge is 2.35. The lowest BCUT2D eigenvalue weighted by molar-refractivity contribution is -0.385. The molecular weight excluding hydrogens is 527 g/mol. The summed E-state index contributed by atoms with van der Waals surface area (Å²) in [6.07, 6.45) is -2.24. The fourth-order valence-corrected chi connectivity index (χ4v) is 2.85. The molecule has 0 aliphatic carbocycles. The zero-order valence-electron chi connectivity index (χ0n) is 17.0. The molecule has 0 aliphatic rings. The van der Waals surface area contributed by atoms with Gasteiger partial charge in [0.05, 0.1) is 16.5 Å². The van der Waals surface area contributed by atoms with Crippen molar-refractivity contribution in [2.24, 2.45) is 4.99 Å². The predicted octanol–water partition coefficient (Wildman–Crippen LogP) is 5.58. The Kier molecular flexibility index (Phi) is 7.40. The molecular formula is C20H13BrF3N5O5. The third-order valence-electron chi connectivity index (χ3n) is 4.06. The minimum Gasteiger partial charge on any atom is -0.480 e. The van der Waals surface area contributed by atoms with Crippen molar-refractivity contribution in [2.45, 2.75) is 6.18 Å². The minimum atomic E-state index is -4.84. The number of aliphatic imine (C=N–C) groups is 1. The molecule has 2 amide bonds. The molecule has 10 nitrogen and oxygen atoms in total. The van der Waals surface area contributed by atoms with Crippen LogP contribution in [0.15, 0.2) is 64.3 Å². The van der Waals surface area contributed by atoms with Crippen molar-refractivity contribution in [3.8, 4) is 11.8 Å². The Morgan fingerprint density at radius 2 is 1.85 bits per heavy atom. The predicted molar refractivity (Wildman–Crippen MR) is 117 cm³/mol. The van der Waals surface area contributed by atoms with Crippen LogP contribution >= 0.6 is 15.9 Å². The summed E-state index contributed by atoms with van der Waals surface area (Å²) in [7, 11) is 1.14. The Hall–Kier alpha value is -4.07. The van der Waals surface area contributed by atoms with Crippen LogP contribution in [0.1, 0.15) is 11.1 Å². The van der Waals surface area contributed by atoms with Gasteiger partial charge in [0.1, 0.15) is 16.9 Å². The van der Waals surface area contributed by atoms with Gasteiger partial charge in [0.2, 0.25) is 5.90 Å². The zero-order chi connectivity index (χ0) is 24.9. The summed E-state index contributed by atoms with van der Waals surface area (Å²) < 4.78 is 51.4. The number of amides is 2. The maximum Gasteiger partial charge on any atom is 0.420 e. The van der Waals surface area contributed by atoms with E-state index in [9.17, 15) is 28.1 Å². The monoisotopic (exact) mass is 539 g/mol. The maximum atomic E-state index is 13.6. The number of halogens is 4. The number of nitro groups is 1. The van der Waals surface area contributed by atoms with Crippen LogP contribution in [0, 0.1) is 10.1 Å². The molecule has 1 N–H and O–H groups in total. The van der Waals surface area contributed by atoms with Crippen molar-refractivity contribution < 1.29 is 32.4 Å². The number of benzene rings is 2. The van der Waals surface area contributed by atoms with Gasteiger partial charge in [-0.05, 0) is 40.2 Å². The zero-order valence-corrected chi connectivity index (χ0v) is 18.6. The number of rotatable bonds is 5. The van der Waals surface area contributed by atoms with Gasteiger partial charge in [-0.25, -0.2) is 14.8 Å². The van der Waals surface area contributed by atoms with Crippen molar-refractivity contribution in [2.75, 3.05) is 12.4 Å². The van der Waals surface area contributed by atoms with E-state index in [0.717, 1.165) is 19.2 Å². The van der Waals surface area contributed by atoms with Crippen LogP contribution in [-0.2, 0) is 10.9 Å². The number of methoxy groups -OCH3 is 1. The molecule has 0 radical (unpaired) electrons. The summed E-state index contributed by atoms with van der Waals surface area (Å²) in [5, 5.41) is 13.4. The number of hydrogen-bond donors (Lipinski definition) is 1. The number of nitrogens with zero attached hydrogens (tertiary/aromatic N) is 4. The summed E-state index contributed by atoms with van der Waals surface area (Å²) in [6, 6.07) is 6.71. The molecule has 3 aromatic rings. The van der Waals surface area contributed by atoms with Gasteiger partial charge in [0, 0.05) is 24.1 Å². The average molecular weight is 540 g/mol. The Balaban J connectivity index is 1.88. The Bertz CT molecular complexity index is 1250. The van der Waals surface area contributed by atoms with Crippen LogP contribution in [-0.4, -0.2) is 33.9 Å². The molecule has 0 bridgehead atoms. The molecule has 1 heterocycles. The molecule has 0 aliphatic heterocycles. The Morgan fingerprint density at radius 1 is 1.18 bits per heavy atom. The summed E-state index contributed by atoms with van der Waals surface area (Å²) in [4.78, 5) is 33.9. The van der Waals surface area contributed by atoms with Crippen molar-refractivity contribution in [1.29, 1.82) is 0 Å². The normalized spacial score (nSPS) is 11.6. The molecule has 1 aromatic heterocycles. The first-order valence-electron chi connectivity index (χ1n) is 9.12. The lowest BCUT2D eigenvalue weighted by atomic mass is 10.1. The van der Waals surface area contributed by atoms with Gasteiger partial charge in [-0.3, -0.25) is 10.1 Å². The number of nitro benzene ring substituents is 1. The molecule has 0 atom stereocenters. The van der Waals surface area contributed by atoms with E-state index in [1.807, 2.05) is 0 Å². The van der Waals surface area contributed by atoms with E-state index in [2.05, 4.69) is 36.2 Å². The van der Waals surface area contributed by atoms with Gasteiger partial charge in [-0.1, -0.05) is 12.1 Å². The smallest absolute Gasteiger partial charge is 0.420 e. The third kappa shape index (κ3) is 6.04. The lowest BCUT2D eigenvalue weighted by Crippen LogP contribution is -2.15. The average Bonchev–Trinajstić information content (AvgIpc) is 2.79. The van der Waals surface area contributed by atoms with Gasteiger partial charge in [0.15, 0.2) is 0 Å². The van der Waals surface area contributed by atoms with Crippen molar-refractivity contribution >= 4 is 39.2 Å². The van der Waals surface area contributed by atoms with Gasteiger partial charge < -0.3 is 14.8 Å². The van der Waals surface area contributed by atoms with E-state index in [-0.39, 0.29) is 22.9 Å². The summed E-state index contributed by atoms with van der Waals surface area (Å²) in [6.45, 7) is 0. The van der Waals surface area contributed by atoms with Gasteiger partial charge in [0.25, 0.3) is 5.69 Å². The highest BCUT2D eigenvalue weighted by Crippen LogP contribution is 2.39. The van der Waals surface area contributed by atoms with Crippen LogP contribution in [0.5, 0.6) is 11.8 Å². The van der Waals surface area contributed by atoms with E-state index < -0.39 is 34.3 Å². The largest absolute Gasteiger partial charge is 0.480 e. The number of ether oxygens (including phenoxy) is 2. The van der Waals surface area contributed by atoms with E-state index in [1.165, 1.54) is 36.7 Å². The van der Waals surface area contributed by atoms with Gasteiger partial charge in [-0.15, -0.1) is 0 Å². The quantitative estimate of drug-likeness (QED) is 0.194. The van der Waals surface area contributed by atoms with Crippen molar-refractivity contribution in [3.63, 3.8) is 0 Å². The molecule has 14 heteroatoms. The molecule has 0 saturated carbocycles. The summed E-state index contributed by atoms with van der Waals surface area (Å²) >= 11 is 3.10. The fourth-order valence-electron chi connectivity index (χ4n) is 2.64. The first-order chi connectivity index (χ1) is 16.1. The van der Waals surface area contributed by atoms with Crippen LogP contribution in [0.4, 0.5) is 29.3 Å². The third-order valence-corrected chi connectivity index (χ3v) is 4.47. The highest BCUT2D eigenvalue weighted by molar-refractivity contribution is 9.10. The SMILES string of the molecule is CO/C(=N/C(=O)Nc1ccc(Oc2ncc(Br)cn2)c(C(F)(F)F)c1)c1ccccc1[N+](=O)[O-]. The Morgan fingerprint density at radius 3 is 2.47 bits per heavy atom. The number of aromatic nitrogens is 2. The lowest BCUT2D eigenvalue weighted by Gasteiger charge is -2.14. The van der Waals surface area contributed by atoms with E-state index >= 15 is 0 Å². The highest BCUT2D eigenvalue weighted by atomic mass is 79.9. The number of urea groups is 1. The number of carbonyl (C=O) groups is 1. The number of nitrogens with one attached hydrogen (secondary N) is 1.